The van der Waals surface area contributed by atoms with Gasteiger partial charge in [-0.05, 0) is 30.4 Å². The molecular weight excluding hydrogens is 262 g/mol. The van der Waals surface area contributed by atoms with Crippen molar-refractivity contribution in [1.29, 1.82) is 0 Å². The van der Waals surface area contributed by atoms with Crippen LogP contribution in [0.15, 0.2) is 29.2 Å². The molecule has 5 heteroatoms. The van der Waals surface area contributed by atoms with Crippen LogP contribution in [0.5, 0.6) is 0 Å². The number of sulfonamides is 1. The van der Waals surface area contributed by atoms with Gasteiger partial charge in [0.05, 0.1) is 11.5 Å². The third-order valence-corrected chi connectivity index (χ3v) is 5.84. The quantitative estimate of drug-likeness (QED) is 0.868. The lowest BCUT2D eigenvalue weighted by molar-refractivity contribution is 0.249. The summed E-state index contributed by atoms with van der Waals surface area (Å²) in [6.07, 6.45) is 3.44. The van der Waals surface area contributed by atoms with Crippen LogP contribution in [0.1, 0.15) is 31.7 Å². The molecule has 19 heavy (non-hydrogen) atoms. The third-order valence-electron chi connectivity index (χ3n) is 3.80. The van der Waals surface area contributed by atoms with Gasteiger partial charge >= 0.3 is 0 Å². The molecule has 106 valence electrons. The summed E-state index contributed by atoms with van der Waals surface area (Å²) in [6, 6.07) is 6.67. The van der Waals surface area contributed by atoms with Crippen molar-refractivity contribution in [3.8, 4) is 0 Å². The van der Waals surface area contributed by atoms with Crippen molar-refractivity contribution >= 4 is 10.0 Å². The van der Waals surface area contributed by atoms with E-state index < -0.39 is 10.0 Å². The number of hydrogen-bond donors (Lipinski definition) is 1. The van der Waals surface area contributed by atoms with Gasteiger partial charge < -0.3 is 5.11 Å². The van der Waals surface area contributed by atoms with Gasteiger partial charge in [-0.2, -0.15) is 4.31 Å². The molecule has 1 aliphatic rings. The Balaban J connectivity index is 2.28. The van der Waals surface area contributed by atoms with Crippen molar-refractivity contribution in [3.05, 3.63) is 29.8 Å². The SMILES string of the molecule is CCN(CC1CCC1)S(=O)(=O)c1ccccc1CO. The lowest BCUT2D eigenvalue weighted by atomic mass is 9.85. The Bertz CT molecular complexity index is 523. The second-order valence-electron chi connectivity index (χ2n) is 5.02. The number of aliphatic hydroxyl groups is 1. The van der Waals surface area contributed by atoms with Crippen molar-refractivity contribution in [2.24, 2.45) is 5.92 Å². The Morgan fingerprint density at radius 1 is 1.32 bits per heavy atom. The zero-order valence-electron chi connectivity index (χ0n) is 11.2. The van der Waals surface area contributed by atoms with Crippen molar-refractivity contribution in [3.63, 3.8) is 0 Å². The number of benzene rings is 1. The minimum atomic E-state index is -3.49. The molecule has 0 amide bonds. The van der Waals surface area contributed by atoms with Gasteiger partial charge in [0.1, 0.15) is 0 Å². The van der Waals surface area contributed by atoms with Gasteiger partial charge in [0, 0.05) is 13.1 Å². The van der Waals surface area contributed by atoms with E-state index in [2.05, 4.69) is 0 Å². The number of aliphatic hydroxyl groups excluding tert-OH is 1. The predicted molar refractivity (Wildman–Crippen MR) is 74.1 cm³/mol. The van der Waals surface area contributed by atoms with Crippen LogP contribution in [-0.2, 0) is 16.6 Å². The van der Waals surface area contributed by atoms with E-state index >= 15 is 0 Å². The Morgan fingerprint density at radius 2 is 2.00 bits per heavy atom. The van der Waals surface area contributed by atoms with E-state index in [-0.39, 0.29) is 11.5 Å². The second-order valence-corrected chi connectivity index (χ2v) is 6.92. The first-order valence-electron chi connectivity index (χ1n) is 6.78. The molecule has 0 spiro atoms. The highest BCUT2D eigenvalue weighted by Crippen LogP contribution is 2.29. The molecule has 0 radical (unpaired) electrons. The van der Waals surface area contributed by atoms with E-state index in [1.165, 1.54) is 10.7 Å². The number of nitrogens with zero attached hydrogens (tertiary/aromatic N) is 1. The third kappa shape index (κ3) is 2.99. The van der Waals surface area contributed by atoms with Gasteiger partial charge in [-0.15, -0.1) is 0 Å². The van der Waals surface area contributed by atoms with E-state index in [9.17, 15) is 13.5 Å². The standard InChI is InChI=1S/C14H21NO3S/c1-2-15(10-12-6-5-7-12)19(17,18)14-9-4-3-8-13(14)11-16/h3-4,8-9,12,16H,2,5-7,10-11H2,1H3. The summed E-state index contributed by atoms with van der Waals surface area (Å²) in [7, 11) is -3.49. The molecule has 1 aromatic carbocycles. The molecule has 0 unspecified atom stereocenters. The summed E-state index contributed by atoms with van der Waals surface area (Å²) >= 11 is 0. The fourth-order valence-corrected chi connectivity index (χ4v) is 4.13. The van der Waals surface area contributed by atoms with Crippen molar-refractivity contribution in [1.82, 2.24) is 4.31 Å². The number of rotatable bonds is 6. The zero-order valence-corrected chi connectivity index (χ0v) is 12.1. The van der Waals surface area contributed by atoms with Gasteiger partial charge in [0.2, 0.25) is 10.0 Å². The molecule has 0 bridgehead atoms. The zero-order chi connectivity index (χ0) is 13.9. The fraction of sp³-hybridized carbons (Fsp3) is 0.571. The summed E-state index contributed by atoms with van der Waals surface area (Å²) in [5.41, 5.74) is 0.467. The van der Waals surface area contributed by atoms with Gasteiger partial charge in [-0.1, -0.05) is 31.5 Å². The average molecular weight is 283 g/mol. The fourth-order valence-electron chi connectivity index (χ4n) is 2.39. The topological polar surface area (TPSA) is 57.6 Å². The molecule has 0 heterocycles. The Labute approximate surface area is 115 Å². The van der Waals surface area contributed by atoms with E-state index in [1.54, 1.807) is 24.3 Å². The van der Waals surface area contributed by atoms with Gasteiger partial charge in [0.25, 0.3) is 0 Å². The molecular formula is C14H21NO3S. The molecule has 1 aromatic rings. The van der Waals surface area contributed by atoms with Crippen LogP contribution in [0.3, 0.4) is 0 Å². The van der Waals surface area contributed by atoms with E-state index in [0.29, 0.717) is 24.6 Å². The van der Waals surface area contributed by atoms with Gasteiger partial charge in [-0.3, -0.25) is 0 Å². The molecule has 0 aromatic heterocycles. The van der Waals surface area contributed by atoms with Crippen LogP contribution >= 0.6 is 0 Å². The van der Waals surface area contributed by atoms with Crippen LogP contribution in [-0.4, -0.2) is 30.9 Å². The van der Waals surface area contributed by atoms with Crippen molar-refractivity contribution in [2.45, 2.75) is 37.7 Å². The number of hydrogen-bond acceptors (Lipinski definition) is 3. The van der Waals surface area contributed by atoms with Crippen LogP contribution in [0.4, 0.5) is 0 Å². The van der Waals surface area contributed by atoms with E-state index in [1.807, 2.05) is 6.92 Å². The van der Waals surface area contributed by atoms with Crippen LogP contribution < -0.4 is 0 Å². The Morgan fingerprint density at radius 3 is 2.53 bits per heavy atom. The molecule has 1 saturated carbocycles. The molecule has 0 atom stereocenters. The smallest absolute Gasteiger partial charge is 0.243 e. The normalized spacial score (nSPS) is 16.6. The Kier molecular flexibility index (Phi) is 4.60. The molecule has 0 aliphatic heterocycles. The highest BCUT2D eigenvalue weighted by molar-refractivity contribution is 7.89. The average Bonchev–Trinajstić information content (AvgIpc) is 2.37. The summed E-state index contributed by atoms with van der Waals surface area (Å²) in [6.45, 7) is 2.67. The maximum Gasteiger partial charge on any atom is 0.243 e. The van der Waals surface area contributed by atoms with Crippen molar-refractivity contribution in [2.75, 3.05) is 13.1 Å². The first kappa shape index (κ1) is 14.5. The Hall–Kier alpha value is -0.910. The molecule has 0 saturated heterocycles. The van der Waals surface area contributed by atoms with Crippen LogP contribution in [0.2, 0.25) is 0 Å². The second kappa shape index (κ2) is 6.03. The highest BCUT2D eigenvalue weighted by atomic mass is 32.2. The maximum absolute atomic E-state index is 12.6. The molecule has 1 aliphatic carbocycles. The first-order chi connectivity index (χ1) is 9.09. The predicted octanol–water partition coefficient (Wildman–Crippen LogP) is 1.99. The lowest BCUT2D eigenvalue weighted by Crippen LogP contribution is -2.37. The molecule has 2 rings (SSSR count). The highest BCUT2D eigenvalue weighted by Gasteiger charge is 2.29. The van der Waals surface area contributed by atoms with Gasteiger partial charge in [-0.25, -0.2) is 8.42 Å². The summed E-state index contributed by atoms with van der Waals surface area (Å²) in [5, 5.41) is 9.29. The molecule has 4 nitrogen and oxygen atoms in total. The lowest BCUT2D eigenvalue weighted by Gasteiger charge is -2.31. The van der Waals surface area contributed by atoms with E-state index in [4.69, 9.17) is 0 Å². The molecule has 1 N–H and O–H groups in total. The summed E-state index contributed by atoms with van der Waals surface area (Å²) in [4.78, 5) is 0.235. The van der Waals surface area contributed by atoms with Crippen molar-refractivity contribution < 1.29 is 13.5 Å². The van der Waals surface area contributed by atoms with Crippen LogP contribution in [0.25, 0.3) is 0 Å². The van der Waals surface area contributed by atoms with Gasteiger partial charge in [0.15, 0.2) is 0 Å². The molecule has 1 fully saturated rings. The minimum absolute atomic E-state index is 0.235. The first-order valence-corrected chi connectivity index (χ1v) is 8.22. The maximum atomic E-state index is 12.6. The summed E-state index contributed by atoms with van der Waals surface area (Å²) in [5.74, 6) is 0.496. The van der Waals surface area contributed by atoms with Crippen LogP contribution in [0, 0.1) is 5.92 Å². The van der Waals surface area contributed by atoms with E-state index in [0.717, 1.165) is 12.8 Å². The minimum Gasteiger partial charge on any atom is -0.392 e. The summed E-state index contributed by atoms with van der Waals surface area (Å²) < 4.78 is 26.8. The largest absolute Gasteiger partial charge is 0.392 e. The monoisotopic (exact) mass is 283 g/mol.